The van der Waals surface area contributed by atoms with E-state index < -0.39 is 79.9 Å². The number of fused-ring (bicyclic) bond motifs is 1. The van der Waals surface area contributed by atoms with Crippen LogP contribution >= 0.6 is 0 Å². The van der Waals surface area contributed by atoms with Crippen molar-refractivity contribution in [2.45, 2.75) is 61.2 Å². The highest BCUT2D eigenvalue weighted by Gasteiger charge is 2.48. The average Bonchev–Trinajstić information content (AvgIpc) is 2.97. The number of aliphatic hydroxyl groups is 8. The fraction of sp³-hybridized carbons (Fsp3) is 0.444. The zero-order valence-electron chi connectivity index (χ0n) is 21.3. The monoisotopic (exact) mass is 578 g/mol. The van der Waals surface area contributed by atoms with Crippen molar-refractivity contribution in [2.75, 3.05) is 13.2 Å². The van der Waals surface area contributed by atoms with Gasteiger partial charge in [0.1, 0.15) is 77.8 Å². The summed E-state index contributed by atoms with van der Waals surface area (Å²) in [5.41, 5.74) is -0.498. The van der Waals surface area contributed by atoms with Crippen LogP contribution < -0.4 is 10.2 Å². The van der Waals surface area contributed by atoms with Crippen molar-refractivity contribution in [3.05, 3.63) is 58.3 Å². The van der Waals surface area contributed by atoms with Gasteiger partial charge in [-0.25, -0.2) is 0 Å². The molecule has 0 amide bonds. The van der Waals surface area contributed by atoms with E-state index in [1.54, 1.807) is 0 Å². The molecule has 10 atom stereocenters. The highest BCUT2D eigenvalue weighted by atomic mass is 16.7. The van der Waals surface area contributed by atoms with Crippen molar-refractivity contribution in [1.29, 1.82) is 0 Å². The quantitative estimate of drug-likeness (QED) is 0.152. The molecule has 222 valence electrons. The summed E-state index contributed by atoms with van der Waals surface area (Å²) in [5, 5.41) is 91.6. The number of phenols is 1. The largest absolute Gasteiger partial charge is 0.508 e. The first-order valence-corrected chi connectivity index (χ1v) is 12.7. The van der Waals surface area contributed by atoms with E-state index in [4.69, 9.17) is 18.6 Å². The molecule has 2 aliphatic heterocycles. The number of hydrogen-bond donors (Lipinski definition) is 9. The Hall–Kier alpha value is -3.15. The summed E-state index contributed by atoms with van der Waals surface area (Å²) in [4.78, 5) is 13.2. The Morgan fingerprint density at radius 1 is 0.732 bits per heavy atom. The van der Waals surface area contributed by atoms with Gasteiger partial charge < -0.3 is 64.6 Å². The van der Waals surface area contributed by atoms with Crippen molar-refractivity contribution in [1.82, 2.24) is 0 Å². The number of rotatable bonds is 6. The molecule has 0 unspecified atom stereocenters. The fourth-order valence-corrected chi connectivity index (χ4v) is 4.99. The lowest BCUT2D eigenvalue weighted by molar-refractivity contribution is -0.278. The Bertz CT molecular complexity index is 1420. The minimum Gasteiger partial charge on any atom is -0.508 e. The van der Waals surface area contributed by atoms with Gasteiger partial charge in [0.25, 0.3) is 0 Å². The maximum atomic E-state index is 13.2. The van der Waals surface area contributed by atoms with E-state index in [0.29, 0.717) is 5.56 Å². The zero-order valence-corrected chi connectivity index (χ0v) is 21.3. The molecule has 2 aromatic carbocycles. The summed E-state index contributed by atoms with van der Waals surface area (Å²) in [6.45, 7) is -1.48. The SMILES string of the molecule is O=c1cc(-c2ccc(O)cc2)oc2c([C@@H]3O[C@H](CO)[C@@H](O)[C@H](O)[C@H]3O)c(O[C@@H]3O[C@H](CO)[C@@H](O)[C@H](O)[C@H]3O)ccc12. The summed E-state index contributed by atoms with van der Waals surface area (Å²) >= 11 is 0. The second kappa shape index (κ2) is 11.6. The fourth-order valence-electron chi connectivity index (χ4n) is 4.99. The van der Waals surface area contributed by atoms with E-state index in [0.717, 1.165) is 0 Å². The highest BCUT2D eigenvalue weighted by Crippen LogP contribution is 2.42. The summed E-state index contributed by atoms with van der Waals surface area (Å²) < 4.78 is 23.1. The third-order valence-electron chi connectivity index (χ3n) is 7.32. The van der Waals surface area contributed by atoms with E-state index in [-0.39, 0.29) is 33.8 Å². The molecule has 0 bridgehead atoms. The molecule has 2 aliphatic rings. The maximum Gasteiger partial charge on any atom is 0.229 e. The molecule has 0 radical (unpaired) electrons. The van der Waals surface area contributed by atoms with Gasteiger partial charge in [0, 0.05) is 11.6 Å². The molecule has 1 aromatic heterocycles. The molecule has 5 rings (SSSR count). The van der Waals surface area contributed by atoms with Crippen LogP contribution in [-0.4, -0.2) is 114 Å². The first-order valence-electron chi connectivity index (χ1n) is 12.7. The lowest BCUT2D eigenvalue weighted by atomic mass is 9.90. The minimum absolute atomic E-state index is 0.0133. The van der Waals surface area contributed by atoms with Crippen LogP contribution in [0.4, 0.5) is 0 Å². The van der Waals surface area contributed by atoms with Gasteiger partial charge in [0.15, 0.2) is 5.43 Å². The molecule has 41 heavy (non-hydrogen) atoms. The second-order valence-corrected chi connectivity index (χ2v) is 9.94. The molecule has 0 saturated carbocycles. The van der Waals surface area contributed by atoms with Crippen LogP contribution in [0.15, 0.2) is 51.7 Å². The summed E-state index contributed by atoms with van der Waals surface area (Å²) in [5.74, 6) is -0.218. The Kier molecular flexibility index (Phi) is 8.31. The normalized spacial score (nSPS) is 34.0. The number of ether oxygens (including phenoxy) is 3. The van der Waals surface area contributed by atoms with E-state index in [1.807, 2.05) is 0 Å². The topological polar surface area (TPSA) is 240 Å². The van der Waals surface area contributed by atoms with Gasteiger partial charge in [0.05, 0.1) is 24.2 Å². The smallest absolute Gasteiger partial charge is 0.229 e. The van der Waals surface area contributed by atoms with Gasteiger partial charge in [-0.15, -0.1) is 0 Å². The predicted octanol–water partition coefficient (Wildman–Crippen LogP) is -2.14. The molecular formula is C27H30O14. The Morgan fingerprint density at radius 3 is 1.98 bits per heavy atom. The third-order valence-corrected chi connectivity index (χ3v) is 7.32. The van der Waals surface area contributed by atoms with Gasteiger partial charge in [-0.1, -0.05) is 0 Å². The van der Waals surface area contributed by atoms with Crippen molar-refractivity contribution >= 4 is 11.0 Å². The minimum atomic E-state index is -1.84. The highest BCUT2D eigenvalue weighted by molar-refractivity contribution is 5.84. The standard InChI is InChI=1S/C27H30O14/c28-8-16-19(32)21(34)23(36)26(39-16)18-14(40-27-24(37)22(35)20(33)17(9-29)41-27)6-5-12-13(31)7-15(38-25(12)18)10-1-3-11(30)4-2-10/h1-7,16-17,19-24,26-30,32-37H,8-9H2/t16-,17-,19-,20-,21+,22+,23-,24-,26+,27-/m1/s1. The van der Waals surface area contributed by atoms with Gasteiger partial charge in [-0.05, 0) is 36.4 Å². The maximum absolute atomic E-state index is 13.2. The van der Waals surface area contributed by atoms with Crippen LogP contribution in [0.1, 0.15) is 11.7 Å². The van der Waals surface area contributed by atoms with Crippen molar-refractivity contribution in [2.24, 2.45) is 0 Å². The molecule has 3 aromatic rings. The van der Waals surface area contributed by atoms with Crippen LogP contribution in [0.3, 0.4) is 0 Å². The Labute approximate surface area is 231 Å². The predicted molar refractivity (Wildman–Crippen MR) is 137 cm³/mol. The van der Waals surface area contributed by atoms with Gasteiger partial charge in [-0.3, -0.25) is 4.79 Å². The average molecular weight is 579 g/mol. The summed E-state index contributed by atoms with van der Waals surface area (Å²) in [6.07, 6.45) is -16.5. The summed E-state index contributed by atoms with van der Waals surface area (Å²) in [7, 11) is 0. The van der Waals surface area contributed by atoms with Crippen molar-refractivity contribution < 1.29 is 64.6 Å². The molecule has 0 spiro atoms. The number of aliphatic hydroxyl groups excluding tert-OH is 8. The van der Waals surface area contributed by atoms with Gasteiger partial charge in [0.2, 0.25) is 6.29 Å². The molecule has 2 saturated heterocycles. The lowest BCUT2D eigenvalue weighted by Gasteiger charge is -2.42. The number of hydrogen-bond acceptors (Lipinski definition) is 14. The van der Waals surface area contributed by atoms with E-state index >= 15 is 0 Å². The molecular weight excluding hydrogens is 548 g/mol. The first kappa shape index (κ1) is 29.3. The van der Waals surface area contributed by atoms with Crippen LogP contribution in [0, 0.1) is 0 Å². The molecule has 14 heteroatoms. The second-order valence-electron chi connectivity index (χ2n) is 9.94. The molecule has 2 fully saturated rings. The lowest BCUT2D eigenvalue weighted by Crippen LogP contribution is -2.60. The van der Waals surface area contributed by atoms with Gasteiger partial charge >= 0.3 is 0 Å². The number of phenolic OH excluding ortho intramolecular Hbond substituents is 1. The van der Waals surface area contributed by atoms with Crippen LogP contribution in [-0.2, 0) is 9.47 Å². The third kappa shape index (κ3) is 5.30. The van der Waals surface area contributed by atoms with E-state index in [2.05, 4.69) is 0 Å². The van der Waals surface area contributed by atoms with Crippen LogP contribution in [0.2, 0.25) is 0 Å². The number of benzene rings is 2. The van der Waals surface area contributed by atoms with E-state index in [1.165, 1.54) is 42.5 Å². The Morgan fingerprint density at radius 2 is 1.34 bits per heavy atom. The Balaban J connectivity index is 1.69. The van der Waals surface area contributed by atoms with Gasteiger partial charge in [-0.2, -0.15) is 0 Å². The van der Waals surface area contributed by atoms with Crippen molar-refractivity contribution in [3.8, 4) is 22.8 Å². The first-order chi connectivity index (χ1) is 19.5. The molecule has 3 heterocycles. The van der Waals surface area contributed by atoms with Crippen LogP contribution in [0.5, 0.6) is 11.5 Å². The van der Waals surface area contributed by atoms with E-state index in [9.17, 15) is 50.8 Å². The number of aromatic hydroxyl groups is 1. The van der Waals surface area contributed by atoms with Crippen molar-refractivity contribution in [3.63, 3.8) is 0 Å². The summed E-state index contributed by atoms with van der Waals surface area (Å²) in [6, 6.07) is 9.49. The molecule has 14 nitrogen and oxygen atoms in total. The van der Waals surface area contributed by atoms with Crippen LogP contribution in [0.25, 0.3) is 22.3 Å². The molecule has 9 N–H and O–H groups in total. The zero-order chi connectivity index (χ0) is 29.6. The molecule has 0 aliphatic carbocycles.